The number of carbonyl (C=O) groups excluding carboxylic acids is 1. The highest BCUT2D eigenvalue weighted by molar-refractivity contribution is 6.02. The van der Waals surface area contributed by atoms with Crippen LogP contribution in [-0.2, 0) is 12.8 Å². The molecule has 1 amide bonds. The second-order valence-corrected chi connectivity index (χ2v) is 6.76. The molecule has 0 saturated heterocycles. The Labute approximate surface area is 146 Å². The maximum atomic E-state index is 11.9. The van der Waals surface area contributed by atoms with Gasteiger partial charge in [-0.2, -0.15) is 0 Å². The van der Waals surface area contributed by atoms with Gasteiger partial charge in [-0.05, 0) is 60.1 Å². The summed E-state index contributed by atoms with van der Waals surface area (Å²) in [5.74, 6) is 0.495. The molecule has 4 nitrogen and oxygen atoms in total. The number of H-pyrrole nitrogens is 1. The topological polar surface area (TPSA) is 71.8 Å². The molecule has 25 heavy (non-hydrogen) atoms. The summed E-state index contributed by atoms with van der Waals surface area (Å²) >= 11 is 0. The van der Waals surface area contributed by atoms with E-state index in [0.29, 0.717) is 5.56 Å². The van der Waals surface area contributed by atoms with Gasteiger partial charge < -0.3 is 10.7 Å². The fraction of sp³-hybridized carbons (Fsp3) is 0.190. The lowest BCUT2D eigenvalue weighted by atomic mass is 9.95. The summed E-state index contributed by atoms with van der Waals surface area (Å²) in [5, 5.41) is 0. The molecular weight excluding hydrogens is 310 g/mol. The number of amides is 1. The van der Waals surface area contributed by atoms with Crippen molar-refractivity contribution in [1.29, 1.82) is 0 Å². The Morgan fingerprint density at radius 2 is 1.88 bits per heavy atom. The number of aromatic nitrogens is 2. The molecule has 2 aliphatic rings. The standard InChI is InChI=1S/C21H18N3O/c22-20(25)14-9-10-15(21-23-17-7-3-4-8-18(17)24-21)19-13-6-2-1-5-12(13)11-16(14)19/h1-2,5-6,9-11H,3-4,7-8H2,(H2,22,25)(H,23,24). The molecule has 123 valence electrons. The Kier molecular flexibility index (Phi) is 3.07. The van der Waals surface area contributed by atoms with Gasteiger partial charge in [-0.25, -0.2) is 4.98 Å². The molecule has 0 atom stereocenters. The first-order valence-corrected chi connectivity index (χ1v) is 8.71. The van der Waals surface area contributed by atoms with Gasteiger partial charge in [0, 0.05) is 23.2 Å². The van der Waals surface area contributed by atoms with Crippen molar-refractivity contribution in [2.24, 2.45) is 5.73 Å². The van der Waals surface area contributed by atoms with Crippen LogP contribution in [0.4, 0.5) is 0 Å². The van der Waals surface area contributed by atoms with Crippen LogP contribution in [0.15, 0.2) is 36.4 Å². The van der Waals surface area contributed by atoms with Crippen LogP contribution >= 0.6 is 0 Å². The zero-order valence-corrected chi connectivity index (χ0v) is 13.8. The largest absolute Gasteiger partial charge is 0.366 e. The first kappa shape index (κ1) is 14.5. The molecule has 0 spiro atoms. The summed E-state index contributed by atoms with van der Waals surface area (Å²) in [6, 6.07) is 12.0. The molecule has 0 bridgehead atoms. The van der Waals surface area contributed by atoms with Gasteiger partial charge in [0.25, 0.3) is 0 Å². The van der Waals surface area contributed by atoms with Crippen LogP contribution in [0, 0.1) is 6.42 Å². The molecule has 1 aromatic heterocycles. The third-order valence-corrected chi connectivity index (χ3v) is 5.25. The lowest BCUT2D eigenvalue weighted by Crippen LogP contribution is -2.13. The first-order valence-electron chi connectivity index (χ1n) is 8.71. The van der Waals surface area contributed by atoms with E-state index in [-0.39, 0.29) is 0 Å². The van der Waals surface area contributed by atoms with Crippen LogP contribution in [-0.4, -0.2) is 15.9 Å². The summed E-state index contributed by atoms with van der Waals surface area (Å²) in [5.41, 5.74) is 13.8. The average molecular weight is 328 g/mol. The van der Waals surface area contributed by atoms with Crippen molar-refractivity contribution in [3.8, 4) is 22.5 Å². The summed E-state index contributed by atoms with van der Waals surface area (Å²) in [6.07, 6.45) is 6.57. The number of nitrogens with two attached hydrogens (primary N) is 1. The summed E-state index contributed by atoms with van der Waals surface area (Å²) in [7, 11) is 0. The molecule has 1 radical (unpaired) electrons. The molecule has 0 unspecified atom stereocenters. The van der Waals surface area contributed by atoms with E-state index in [1.54, 1.807) is 0 Å². The SMILES string of the molecule is NC(=O)c1ccc(-c2nc3c([nH]2)CCCC3)c2c1[CH]c1ccccc1-2. The van der Waals surface area contributed by atoms with E-state index in [1.165, 1.54) is 24.2 Å². The number of rotatable bonds is 2. The monoisotopic (exact) mass is 328 g/mol. The lowest BCUT2D eigenvalue weighted by Gasteiger charge is -2.10. The Morgan fingerprint density at radius 1 is 1.04 bits per heavy atom. The van der Waals surface area contributed by atoms with Gasteiger partial charge >= 0.3 is 0 Å². The van der Waals surface area contributed by atoms with Crippen molar-refractivity contribution in [2.45, 2.75) is 25.7 Å². The Morgan fingerprint density at radius 3 is 2.72 bits per heavy atom. The molecule has 0 aliphatic heterocycles. The zero-order valence-electron chi connectivity index (χ0n) is 13.8. The van der Waals surface area contributed by atoms with Crippen LogP contribution < -0.4 is 5.73 Å². The van der Waals surface area contributed by atoms with Crippen molar-refractivity contribution in [3.05, 3.63) is 70.9 Å². The number of hydrogen-bond acceptors (Lipinski definition) is 2. The number of imidazole rings is 1. The second-order valence-electron chi connectivity index (χ2n) is 6.76. The van der Waals surface area contributed by atoms with Gasteiger partial charge in [0.15, 0.2) is 0 Å². The van der Waals surface area contributed by atoms with Crippen molar-refractivity contribution < 1.29 is 4.79 Å². The van der Waals surface area contributed by atoms with Crippen LogP contribution in [0.2, 0.25) is 0 Å². The normalized spacial score (nSPS) is 14.7. The number of fused-ring (bicyclic) bond motifs is 4. The van der Waals surface area contributed by atoms with Crippen molar-refractivity contribution >= 4 is 5.91 Å². The van der Waals surface area contributed by atoms with Gasteiger partial charge in [0.2, 0.25) is 5.91 Å². The molecule has 3 aromatic rings. The van der Waals surface area contributed by atoms with Gasteiger partial charge in [0.1, 0.15) is 5.82 Å². The Balaban J connectivity index is 1.76. The van der Waals surface area contributed by atoms with Crippen LogP contribution in [0.3, 0.4) is 0 Å². The van der Waals surface area contributed by atoms with Crippen LogP contribution in [0.1, 0.15) is 45.7 Å². The van der Waals surface area contributed by atoms with E-state index in [4.69, 9.17) is 10.7 Å². The molecule has 3 N–H and O–H groups in total. The Bertz CT molecular complexity index is 992. The number of aryl methyl sites for hydroxylation is 2. The minimum absolute atomic E-state index is 0.398. The van der Waals surface area contributed by atoms with Crippen LogP contribution in [0.5, 0.6) is 0 Å². The first-order chi connectivity index (χ1) is 12.2. The van der Waals surface area contributed by atoms with E-state index in [2.05, 4.69) is 23.5 Å². The molecule has 0 saturated carbocycles. The number of benzene rings is 2. The van der Waals surface area contributed by atoms with Gasteiger partial charge in [-0.15, -0.1) is 0 Å². The average Bonchev–Trinajstić information content (AvgIpc) is 3.22. The smallest absolute Gasteiger partial charge is 0.249 e. The maximum Gasteiger partial charge on any atom is 0.249 e. The van der Waals surface area contributed by atoms with E-state index >= 15 is 0 Å². The molecule has 4 heteroatoms. The maximum absolute atomic E-state index is 11.9. The summed E-state index contributed by atoms with van der Waals surface area (Å²) < 4.78 is 0. The number of aromatic amines is 1. The molecular formula is C21H18N3O. The molecule has 0 fully saturated rings. The predicted octanol–water partition coefficient (Wildman–Crippen LogP) is 3.64. The van der Waals surface area contributed by atoms with E-state index < -0.39 is 5.91 Å². The summed E-state index contributed by atoms with van der Waals surface area (Å²) in [6.45, 7) is 0. The number of nitrogens with one attached hydrogen (secondary N) is 1. The predicted molar refractivity (Wildman–Crippen MR) is 97.1 cm³/mol. The number of primary amides is 1. The van der Waals surface area contributed by atoms with Crippen LogP contribution in [0.25, 0.3) is 22.5 Å². The number of nitrogens with zero attached hydrogens (tertiary/aromatic N) is 1. The number of hydrogen-bond donors (Lipinski definition) is 2. The van der Waals surface area contributed by atoms with E-state index in [1.807, 2.05) is 24.3 Å². The molecule has 2 aromatic carbocycles. The van der Waals surface area contributed by atoms with Crippen molar-refractivity contribution in [3.63, 3.8) is 0 Å². The highest BCUT2D eigenvalue weighted by Gasteiger charge is 2.28. The highest BCUT2D eigenvalue weighted by atomic mass is 16.1. The molecule has 5 rings (SSSR count). The number of carbonyl (C=O) groups is 1. The minimum Gasteiger partial charge on any atom is -0.366 e. The van der Waals surface area contributed by atoms with E-state index in [9.17, 15) is 4.79 Å². The Hall–Kier alpha value is -2.88. The minimum atomic E-state index is -0.398. The third-order valence-electron chi connectivity index (χ3n) is 5.25. The van der Waals surface area contributed by atoms with Gasteiger partial charge in [-0.3, -0.25) is 4.79 Å². The third kappa shape index (κ3) is 2.14. The lowest BCUT2D eigenvalue weighted by molar-refractivity contribution is 0.1000. The fourth-order valence-electron chi connectivity index (χ4n) is 4.06. The fourth-order valence-corrected chi connectivity index (χ4v) is 4.06. The van der Waals surface area contributed by atoms with Gasteiger partial charge in [-0.1, -0.05) is 24.3 Å². The van der Waals surface area contributed by atoms with Gasteiger partial charge in [0.05, 0.1) is 5.69 Å². The second kappa shape index (κ2) is 5.31. The quantitative estimate of drug-likeness (QED) is 0.590. The van der Waals surface area contributed by atoms with Crippen molar-refractivity contribution in [1.82, 2.24) is 9.97 Å². The highest BCUT2D eigenvalue weighted by Crippen LogP contribution is 2.45. The van der Waals surface area contributed by atoms with E-state index in [0.717, 1.165) is 46.5 Å². The van der Waals surface area contributed by atoms with Crippen molar-refractivity contribution in [2.75, 3.05) is 0 Å². The summed E-state index contributed by atoms with van der Waals surface area (Å²) in [4.78, 5) is 20.3. The molecule has 2 aliphatic carbocycles. The zero-order chi connectivity index (χ0) is 17.0. The molecule has 1 heterocycles.